The van der Waals surface area contributed by atoms with E-state index in [0.29, 0.717) is 50.0 Å². The summed E-state index contributed by atoms with van der Waals surface area (Å²) in [6.45, 7) is 13.1. The van der Waals surface area contributed by atoms with Gasteiger partial charge >= 0.3 is 0 Å². The van der Waals surface area contributed by atoms with E-state index in [9.17, 15) is 24.8 Å². The van der Waals surface area contributed by atoms with Gasteiger partial charge in [0.1, 0.15) is 6.17 Å². The van der Waals surface area contributed by atoms with Gasteiger partial charge in [-0.3, -0.25) is 0 Å². The highest BCUT2D eigenvalue weighted by molar-refractivity contribution is 5.32. The number of hydrogen-bond donors (Lipinski definition) is 4. The topological polar surface area (TPSA) is 99.4 Å². The first-order chi connectivity index (χ1) is 19.1. The van der Waals surface area contributed by atoms with Gasteiger partial charge in [0.25, 0.3) is 0 Å². The summed E-state index contributed by atoms with van der Waals surface area (Å²) in [5.74, 6) is 1.57. The van der Waals surface area contributed by atoms with Gasteiger partial charge in [-0.1, -0.05) is 34.1 Å². The Kier molecular flexibility index (Phi) is 7.57. The van der Waals surface area contributed by atoms with Gasteiger partial charge in [0.2, 0.25) is 0 Å². The molecular formula is C34H57FO6. The Morgan fingerprint density at radius 1 is 0.976 bits per heavy atom. The molecule has 14 atom stereocenters. The predicted octanol–water partition coefficient (Wildman–Crippen LogP) is 5.38. The molecular weight excluding hydrogens is 523 g/mol. The van der Waals surface area contributed by atoms with Crippen molar-refractivity contribution in [3.8, 4) is 0 Å². The molecule has 0 aromatic carbocycles. The second-order valence-corrected chi connectivity index (χ2v) is 16.7. The largest absolute Gasteiger partial charge is 0.393 e. The molecule has 0 aromatic heterocycles. The van der Waals surface area contributed by atoms with Crippen LogP contribution in [0.5, 0.6) is 0 Å². The molecule has 6 aliphatic rings. The molecule has 0 bridgehead atoms. The molecule has 0 radical (unpaired) electrons. The highest BCUT2D eigenvalue weighted by Gasteiger charge is 2.85. The van der Waals surface area contributed by atoms with E-state index in [2.05, 4.69) is 27.7 Å². The smallest absolute Gasteiger partial charge is 0.160 e. The minimum absolute atomic E-state index is 0.00673. The average molecular weight is 581 g/mol. The Balaban J connectivity index is 1.20. The Morgan fingerprint density at radius 3 is 2.39 bits per heavy atom. The SMILES string of the molecule is C[C@H]1C23CCC4(C)C(CCCC(F)C(C)(C)O)C(O)[C@H](O)C4C2CCC2C(C)(C)C(OC4CC(O)CCO4)CCC213. The number of aliphatic hydroxyl groups is 4. The zero-order chi connectivity index (χ0) is 29.8. The van der Waals surface area contributed by atoms with E-state index in [1.54, 1.807) is 0 Å². The van der Waals surface area contributed by atoms with Crippen LogP contribution in [0.15, 0.2) is 0 Å². The van der Waals surface area contributed by atoms with E-state index in [-0.39, 0.29) is 58.4 Å². The summed E-state index contributed by atoms with van der Waals surface area (Å²) in [6.07, 6.45) is 5.95. The molecule has 6 fully saturated rings. The molecule has 4 N–H and O–H groups in total. The van der Waals surface area contributed by atoms with Gasteiger partial charge < -0.3 is 29.9 Å². The summed E-state index contributed by atoms with van der Waals surface area (Å²) < 4.78 is 27.0. The fourth-order valence-corrected chi connectivity index (χ4v) is 12.4. The van der Waals surface area contributed by atoms with Crippen molar-refractivity contribution in [2.45, 2.75) is 155 Å². The fourth-order valence-electron chi connectivity index (χ4n) is 12.4. The number of rotatable bonds is 7. The number of fused-ring (bicyclic) bond motifs is 2. The van der Waals surface area contributed by atoms with E-state index in [1.165, 1.54) is 13.8 Å². The molecule has 6 nitrogen and oxygen atoms in total. The van der Waals surface area contributed by atoms with Crippen molar-refractivity contribution in [3.05, 3.63) is 0 Å². The Labute approximate surface area is 246 Å². The molecule has 0 aromatic rings. The van der Waals surface area contributed by atoms with E-state index >= 15 is 0 Å². The quantitative estimate of drug-likeness (QED) is 0.302. The van der Waals surface area contributed by atoms with Gasteiger partial charge in [-0.05, 0) is 123 Å². The molecule has 7 heteroatoms. The predicted molar refractivity (Wildman–Crippen MR) is 154 cm³/mol. The van der Waals surface area contributed by atoms with Crippen LogP contribution >= 0.6 is 0 Å². The number of aliphatic hydroxyl groups excluding tert-OH is 3. The normalized spacial score (nSPS) is 53.0. The summed E-state index contributed by atoms with van der Waals surface area (Å²) >= 11 is 0. The third-order valence-corrected chi connectivity index (χ3v) is 14.5. The Morgan fingerprint density at radius 2 is 1.71 bits per heavy atom. The maximum Gasteiger partial charge on any atom is 0.160 e. The van der Waals surface area contributed by atoms with Crippen LogP contribution < -0.4 is 0 Å². The fraction of sp³-hybridized carbons (Fsp3) is 1.00. The van der Waals surface area contributed by atoms with Crippen LogP contribution in [0.25, 0.3) is 0 Å². The van der Waals surface area contributed by atoms with Crippen molar-refractivity contribution in [3.63, 3.8) is 0 Å². The Hall–Kier alpha value is -0.310. The van der Waals surface area contributed by atoms with Gasteiger partial charge in [-0.15, -0.1) is 0 Å². The summed E-state index contributed by atoms with van der Waals surface area (Å²) in [5, 5.41) is 43.3. The number of halogens is 1. The second kappa shape index (κ2) is 10.1. The molecule has 5 aliphatic carbocycles. The van der Waals surface area contributed by atoms with Crippen LogP contribution in [0.2, 0.25) is 0 Å². The van der Waals surface area contributed by atoms with Crippen molar-refractivity contribution in [1.82, 2.24) is 0 Å². The molecule has 0 amide bonds. The molecule has 6 rings (SSSR count). The first-order valence-electron chi connectivity index (χ1n) is 16.8. The zero-order valence-electron chi connectivity index (χ0n) is 26.3. The third-order valence-electron chi connectivity index (χ3n) is 14.5. The maximum absolute atomic E-state index is 14.5. The molecule has 236 valence electrons. The number of ether oxygens (including phenoxy) is 2. The summed E-state index contributed by atoms with van der Waals surface area (Å²) in [7, 11) is 0. The van der Waals surface area contributed by atoms with Crippen LogP contribution in [0.4, 0.5) is 4.39 Å². The van der Waals surface area contributed by atoms with Crippen LogP contribution in [0, 0.1) is 51.2 Å². The van der Waals surface area contributed by atoms with Crippen molar-refractivity contribution >= 4 is 0 Å². The van der Waals surface area contributed by atoms with Gasteiger partial charge in [0, 0.05) is 6.42 Å². The van der Waals surface area contributed by atoms with E-state index in [1.807, 2.05) is 0 Å². The Bertz CT molecular complexity index is 983. The van der Waals surface area contributed by atoms with Gasteiger partial charge in [-0.2, -0.15) is 0 Å². The van der Waals surface area contributed by atoms with Gasteiger partial charge in [0.15, 0.2) is 6.29 Å². The average Bonchev–Trinajstić information content (AvgIpc) is 3.35. The van der Waals surface area contributed by atoms with Gasteiger partial charge in [0.05, 0.1) is 36.6 Å². The maximum atomic E-state index is 14.5. The highest BCUT2D eigenvalue weighted by Crippen LogP contribution is 2.89. The van der Waals surface area contributed by atoms with Crippen LogP contribution in [-0.4, -0.2) is 69.5 Å². The monoisotopic (exact) mass is 580 g/mol. The van der Waals surface area contributed by atoms with Crippen molar-refractivity contribution in [1.29, 1.82) is 0 Å². The summed E-state index contributed by atoms with van der Waals surface area (Å²) in [4.78, 5) is 0. The summed E-state index contributed by atoms with van der Waals surface area (Å²) in [5.41, 5.74) is -1.05. The van der Waals surface area contributed by atoms with Crippen LogP contribution in [0.1, 0.15) is 112 Å². The molecule has 1 saturated heterocycles. The van der Waals surface area contributed by atoms with E-state index in [0.717, 1.165) is 38.5 Å². The third kappa shape index (κ3) is 4.29. The molecule has 1 aliphatic heterocycles. The van der Waals surface area contributed by atoms with E-state index < -0.39 is 24.0 Å². The first kappa shape index (κ1) is 30.7. The van der Waals surface area contributed by atoms with Crippen molar-refractivity contribution < 1.29 is 34.3 Å². The zero-order valence-corrected chi connectivity index (χ0v) is 26.3. The van der Waals surface area contributed by atoms with Crippen molar-refractivity contribution in [2.75, 3.05) is 6.61 Å². The molecule has 41 heavy (non-hydrogen) atoms. The standard InChI is InChI=1S/C34H57FO6/c1-19-33-16-15-32(6)22(8-7-9-24(35)31(4,5)39)28(37)29(38)27(32)21(33)10-11-23-30(2,3)25(12-14-34(19,23)33)41-26-18-20(36)13-17-40-26/h19-29,36-39H,7-18H2,1-6H3/t19-,20?,21?,22?,23?,24?,25?,26?,27?,28?,29+,32?,33?,34?/m0/s1. The lowest BCUT2D eigenvalue weighted by atomic mass is 9.46. The number of alkyl halides is 1. The van der Waals surface area contributed by atoms with Crippen LogP contribution in [-0.2, 0) is 9.47 Å². The lowest BCUT2D eigenvalue weighted by Gasteiger charge is -2.60. The van der Waals surface area contributed by atoms with Crippen LogP contribution in [0.3, 0.4) is 0 Å². The molecule has 2 spiro atoms. The first-order valence-corrected chi connectivity index (χ1v) is 16.8. The molecule has 5 saturated carbocycles. The minimum atomic E-state index is -1.35. The highest BCUT2D eigenvalue weighted by atomic mass is 19.1. The van der Waals surface area contributed by atoms with Gasteiger partial charge in [-0.25, -0.2) is 4.39 Å². The minimum Gasteiger partial charge on any atom is -0.393 e. The van der Waals surface area contributed by atoms with Crippen molar-refractivity contribution in [2.24, 2.45) is 51.2 Å². The molecule has 1 heterocycles. The lowest BCUT2D eigenvalue weighted by Crippen LogP contribution is -2.56. The second-order valence-electron chi connectivity index (χ2n) is 16.7. The summed E-state index contributed by atoms with van der Waals surface area (Å²) in [6, 6.07) is 0. The van der Waals surface area contributed by atoms with E-state index in [4.69, 9.17) is 9.47 Å². The lowest BCUT2D eigenvalue weighted by molar-refractivity contribution is -0.248. The molecule has 12 unspecified atom stereocenters. The number of hydrogen-bond acceptors (Lipinski definition) is 6.